The van der Waals surface area contributed by atoms with Crippen molar-refractivity contribution < 1.29 is 0 Å². The van der Waals surface area contributed by atoms with Crippen molar-refractivity contribution in [1.82, 2.24) is 9.78 Å². The molecule has 1 aliphatic heterocycles. The van der Waals surface area contributed by atoms with Crippen LogP contribution in [0.15, 0.2) is 0 Å². The number of hydrogen-bond donors (Lipinski definition) is 1. The molecule has 0 aliphatic carbocycles. The fourth-order valence-electron chi connectivity index (χ4n) is 3.08. The smallest absolute Gasteiger partial charge is 0.150 e. The summed E-state index contributed by atoms with van der Waals surface area (Å²) >= 11 is 0. The van der Waals surface area contributed by atoms with Gasteiger partial charge < -0.3 is 10.6 Å². The van der Waals surface area contributed by atoms with E-state index in [-0.39, 0.29) is 0 Å². The highest BCUT2D eigenvalue weighted by Gasteiger charge is 2.37. The zero-order chi connectivity index (χ0) is 13.3. The van der Waals surface area contributed by atoms with E-state index >= 15 is 0 Å². The van der Waals surface area contributed by atoms with Crippen molar-refractivity contribution in [3.05, 3.63) is 5.69 Å². The molecule has 1 saturated heterocycles. The molecule has 0 amide bonds. The molecule has 2 heterocycles. The van der Waals surface area contributed by atoms with Gasteiger partial charge in [0.25, 0.3) is 0 Å². The molecular formula is C14H26N4. The summed E-state index contributed by atoms with van der Waals surface area (Å²) in [6.45, 7) is 11.8. The van der Waals surface area contributed by atoms with Crippen molar-refractivity contribution in [2.45, 2.75) is 53.5 Å². The number of nitrogens with zero attached hydrogens (tertiary/aromatic N) is 3. The zero-order valence-corrected chi connectivity index (χ0v) is 12.2. The summed E-state index contributed by atoms with van der Waals surface area (Å²) in [5.41, 5.74) is 8.50. The third-order valence-electron chi connectivity index (χ3n) is 4.68. The van der Waals surface area contributed by atoms with Crippen LogP contribution in [0.1, 0.15) is 45.7 Å². The lowest BCUT2D eigenvalue weighted by molar-refractivity contribution is 0.301. The minimum atomic E-state index is 0.475. The van der Waals surface area contributed by atoms with Crippen molar-refractivity contribution in [3.63, 3.8) is 0 Å². The first-order valence-corrected chi connectivity index (χ1v) is 7.14. The minimum Gasteiger partial charge on any atom is -0.394 e. The van der Waals surface area contributed by atoms with E-state index in [1.54, 1.807) is 0 Å². The molecule has 1 fully saturated rings. The van der Waals surface area contributed by atoms with Gasteiger partial charge in [0.15, 0.2) is 5.82 Å². The normalized spacial score (nSPS) is 18.6. The second kappa shape index (κ2) is 4.82. The molecule has 0 spiro atoms. The largest absolute Gasteiger partial charge is 0.394 e. The van der Waals surface area contributed by atoms with Gasteiger partial charge in [-0.3, -0.25) is 0 Å². The van der Waals surface area contributed by atoms with Crippen molar-refractivity contribution in [1.29, 1.82) is 0 Å². The Balaban J connectivity index is 2.29. The van der Waals surface area contributed by atoms with Crippen molar-refractivity contribution in [2.24, 2.45) is 5.41 Å². The van der Waals surface area contributed by atoms with Gasteiger partial charge in [0.05, 0.1) is 11.4 Å². The van der Waals surface area contributed by atoms with E-state index in [1.807, 2.05) is 11.6 Å². The Kier molecular flexibility index (Phi) is 3.55. The molecule has 0 aromatic carbocycles. The van der Waals surface area contributed by atoms with E-state index in [4.69, 9.17) is 5.73 Å². The summed E-state index contributed by atoms with van der Waals surface area (Å²) in [7, 11) is 0. The molecule has 4 nitrogen and oxygen atoms in total. The molecule has 18 heavy (non-hydrogen) atoms. The molecule has 0 unspecified atom stereocenters. The van der Waals surface area contributed by atoms with Crippen molar-refractivity contribution in [2.75, 3.05) is 23.7 Å². The van der Waals surface area contributed by atoms with Gasteiger partial charge in [-0.15, -0.1) is 0 Å². The fraction of sp³-hybridized carbons (Fsp3) is 0.786. The Bertz CT molecular complexity index is 418. The summed E-state index contributed by atoms with van der Waals surface area (Å²) < 4.78 is 2.05. The Morgan fingerprint density at radius 3 is 2.44 bits per heavy atom. The van der Waals surface area contributed by atoms with Crippen LogP contribution in [0.2, 0.25) is 0 Å². The Morgan fingerprint density at radius 1 is 1.28 bits per heavy atom. The van der Waals surface area contributed by atoms with Crippen LogP contribution in [0.25, 0.3) is 0 Å². The van der Waals surface area contributed by atoms with Gasteiger partial charge >= 0.3 is 0 Å². The molecule has 0 bridgehead atoms. The molecule has 4 heteroatoms. The van der Waals surface area contributed by atoms with Crippen LogP contribution < -0.4 is 10.6 Å². The average Bonchev–Trinajstić information content (AvgIpc) is 2.93. The Morgan fingerprint density at radius 2 is 1.94 bits per heavy atom. The zero-order valence-electron chi connectivity index (χ0n) is 12.2. The van der Waals surface area contributed by atoms with E-state index in [0.717, 1.165) is 36.8 Å². The number of rotatable bonds is 4. The van der Waals surface area contributed by atoms with E-state index in [0.29, 0.717) is 5.41 Å². The molecular weight excluding hydrogens is 224 g/mol. The molecule has 2 N–H and O–H groups in total. The van der Waals surface area contributed by atoms with Crippen LogP contribution in [-0.2, 0) is 6.54 Å². The molecule has 0 radical (unpaired) electrons. The highest BCUT2D eigenvalue weighted by atomic mass is 15.4. The first-order valence-electron chi connectivity index (χ1n) is 7.14. The van der Waals surface area contributed by atoms with E-state index in [2.05, 4.69) is 30.8 Å². The lowest BCUT2D eigenvalue weighted by Crippen LogP contribution is -2.28. The highest BCUT2D eigenvalue weighted by Crippen LogP contribution is 2.40. The van der Waals surface area contributed by atoms with Crippen molar-refractivity contribution in [3.8, 4) is 0 Å². The van der Waals surface area contributed by atoms with Gasteiger partial charge in [0.1, 0.15) is 0 Å². The van der Waals surface area contributed by atoms with Crippen LogP contribution in [-0.4, -0.2) is 22.9 Å². The van der Waals surface area contributed by atoms with E-state index < -0.39 is 0 Å². The lowest BCUT2D eigenvalue weighted by atomic mass is 9.82. The quantitative estimate of drug-likeness (QED) is 0.894. The number of nitrogens with two attached hydrogens (primary N) is 1. The predicted octanol–water partition coefficient (Wildman–Crippen LogP) is 2.81. The highest BCUT2D eigenvalue weighted by molar-refractivity contribution is 5.66. The van der Waals surface area contributed by atoms with Crippen LogP contribution in [0.3, 0.4) is 0 Å². The van der Waals surface area contributed by atoms with Gasteiger partial charge in [-0.1, -0.05) is 13.8 Å². The fourth-order valence-corrected chi connectivity index (χ4v) is 3.08. The van der Waals surface area contributed by atoms with Gasteiger partial charge in [-0.2, -0.15) is 5.10 Å². The summed E-state index contributed by atoms with van der Waals surface area (Å²) in [5, 5.41) is 4.52. The predicted molar refractivity (Wildman–Crippen MR) is 76.9 cm³/mol. The molecule has 0 saturated carbocycles. The maximum Gasteiger partial charge on any atom is 0.150 e. The van der Waals surface area contributed by atoms with Crippen LogP contribution in [0.4, 0.5) is 11.5 Å². The number of aromatic nitrogens is 2. The molecule has 1 aromatic heterocycles. The lowest BCUT2D eigenvalue weighted by Gasteiger charge is -2.27. The second-order valence-electron chi connectivity index (χ2n) is 5.52. The topological polar surface area (TPSA) is 47.1 Å². The maximum atomic E-state index is 6.21. The van der Waals surface area contributed by atoms with Crippen LogP contribution in [0.5, 0.6) is 0 Å². The van der Waals surface area contributed by atoms with E-state index in [9.17, 15) is 0 Å². The minimum absolute atomic E-state index is 0.475. The van der Waals surface area contributed by atoms with Gasteiger partial charge in [-0.25, -0.2) is 4.68 Å². The SMILES string of the molecule is CCn1nc(C)c(N)c1N1CCC(CC)(CC)C1. The summed E-state index contributed by atoms with van der Waals surface area (Å²) in [6.07, 6.45) is 3.77. The van der Waals surface area contributed by atoms with Crippen LogP contribution >= 0.6 is 0 Å². The third-order valence-corrected chi connectivity index (χ3v) is 4.68. The monoisotopic (exact) mass is 250 g/mol. The van der Waals surface area contributed by atoms with Crippen molar-refractivity contribution >= 4 is 11.5 Å². The first kappa shape index (κ1) is 13.2. The number of aryl methyl sites for hydroxylation is 2. The average molecular weight is 250 g/mol. The molecule has 102 valence electrons. The summed E-state index contributed by atoms with van der Waals surface area (Å²) in [6, 6.07) is 0. The van der Waals surface area contributed by atoms with Gasteiger partial charge in [-0.05, 0) is 38.5 Å². The van der Waals surface area contributed by atoms with Gasteiger partial charge in [0, 0.05) is 19.6 Å². The Labute approximate surface area is 110 Å². The number of nitrogen functional groups attached to an aromatic ring is 1. The second-order valence-corrected chi connectivity index (χ2v) is 5.52. The molecule has 2 rings (SSSR count). The summed E-state index contributed by atoms with van der Waals surface area (Å²) in [4.78, 5) is 2.44. The maximum absolute atomic E-state index is 6.21. The Hall–Kier alpha value is -1.19. The number of hydrogen-bond acceptors (Lipinski definition) is 3. The standard InChI is InChI=1S/C14H26N4/c1-5-14(6-2)8-9-17(10-14)13-12(15)11(4)16-18(13)7-3/h5-10,15H2,1-4H3. The van der Waals surface area contributed by atoms with Crippen LogP contribution in [0, 0.1) is 12.3 Å². The molecule has 1 aromatic rings. The third kappa shape index (κ3) is 1.98. The molecule has 1 aliphatic rings. The summed E-state index contributed by atoms with van der Waals surface area (Å²) in [5.74, 6) is 1.14. The van der Waals surface area contributed by atoms with E-state index in [1.165, 1.54) is 19.3 Å². The first-order chi connectivity index (χ1) is 8.56. The van der Waals surface area contributed by atoms with Gasteiger partial charge in [0.2, 0.25) is 0 Å². The molecule has 0 atom stereocenters. The number of anilines is 2.